The molecule has 1 aromatic rings. The predicted molar refractivity (Wildman–Crippen MR) is 74.4 cm³/mol. The standard InChI is InChI=1S/C13H18ClNO2S/c1-15-8-6-11(7-9-15)13-5-3-2-4-12(13)10-18(14,16)17/h2-5,11H,6-10H2,1H3. The Hall–Kier alpha value is -0.580. The SMILES string of the molecule is CN1CCC(c2ccccc2CS(=O)(=O)Cl)CC1. The molecule has 0 aliphatic carbocycles. The van der Waals surface area contributed by atoms with Crippen molar-refractivity contribution in [1.82, 2.24) is 4.90 Å². The zero-order valence-electron chi connectivity index (χ0n) is 10.5. The van der Waals surface area contributed by atoms with Crippen LogP contribution in [0, 0.1) is 0 Å². The molecule has 0 N–H and O–H groups in total. The van der Waals surface area contributed by atoms with E-state index in [9.17, 15) is 8.42 Å². The van der Waals surface area contributed by atoms with Crippen molar-refractivity contribution in [2.75, 3.05) is 20.1 Å². The van der Waals surface area contributed by atoms with Gasteiger partial charge in [0.1, 0.15) is 0 Å². The number of nitrogens with zero attached hydrogens (tertiary/aromatic N) is 1. The Kier molecular flexibility index (Phi) is 4.30. The van der Waals surface area contributed by atoms with E-state index in [0.29, 0.717) is 5.92 Å². The molecule has 1 fully saturated rings. The Labute approximate surface area is 113 Å². The minimum absolute atomic E-state index is 0.0724. The molecule has 1 aliphatic heterocycles. The Balaban J connectivity index is 2.22. The number of benzene rings is 1. The van der Waals surface area contributed by atoms with Gasteiger partial charge in [-0.15, -0.1) is 0 Å². The van der Waals surface area contributed by atoms with Crippen molar-refractivity contribution < 1.29 is 8.42 Å². The van der Waals surface area contributed by atoms with E-state index in [1.165, 1.54) is 0 Å². The molecule has 18 heavy (non-hydrogen) atoms. The molecule has 0 saturated carbocycles. The van der Waals surface area contributed by atoms with Crippen molar-refractivity contribution in [3.8, 4) is 0 Å². The fraction of sp³-hybridized carbons (Fsp3) is 0.538. The van der Waals surface area contributed by atoms with Crippen molar-refractivity contribution in [2.45, 2.75) is 24.5 Å². The summed E-state index contributed by atoms with van der Waals surface area (Å²) in [5.74, 6) is 0.382. The smallest absolute Gasteiger partial charge is 0.236 e. The highest BCUT2D eigenvalue weighted by Gasteiger charge is 2.21. The van der Waals surface area contributed by atoms with Crippen LogP contribution in [0.25, 0.3) is 0 Å². The average molecular weight is 288 g/mol. The van der Waals surface area contributed by atoms with Gasteiger partial charge in [0.15, 0.2) is 0 Å². The summed E-state index contributed by atoms with van der Waals surface area (Å²) in [5.41, 5.74) is 2.00. The van der Waals surface area contributed by atoms with E-state index < -0.39 is 9.05 Å². The first-order valence-corrected chi connectivity index (χ1v) is 8.62. The van der Waals surface area contributed by atoms with Gasteiger partial charge < -0.3 is 4.90 Å². The Bertz CT molecular complexity index is 507. The molecule has 100 valence electrons. The van der Waals surface area contributed by atoms with Crippen LogP contribution in [-0.4, -0.2) is 33.5 Å². The minimum atomic E-state index is -3.49. The molecule has 0 bridgehead atoms. The molecule has 2 rings (SSSR count). The van der Waals surface area contributed by atoms with Crippen LogP contribution in [-0.2, 0) is 14.8 Å². The molecule has 1 aromatic carbocycles. The van der Waals surface area contributed by atoms with Gasteiger partial charge in [-0.25, -0.2) is 8.42 Å². The predicted octanol–water partition coefficient (Wildman–Crippen LogP) is 2.56. The first-order valence-electron chi connectivity index (χ1n) is 6.14. The Morgan fingerprint density at radius 1 is 1.28 bits per heavy atom. The summed E-state index contributed by atoms with van der Waals surface area (Å²) in [4.78, 5) is 2.30. The summed E-state index contributed by atoms with van der Waals surface area (Å²) >= 11 is 0. The van der Waals surface area contributed by atoms with Gasteiger partial charge in [-0.05, 0) is 50.0 Å². The van der Waals surface area contributed by atoms with Gasteiger partial charge in [-0.3, -0.25) is 0 Å². The molecule has 0 amide bonds. The fourth-order valence-electron chi connectivity index (χ4n) is 2.57. The molecular formula is C13H18ClNO2S. The van der Waals surface area contributed by atoms with Crippen LogP contribution in [0.1, 0.15) is 29.9 Å². The number of halogens is 1. The molecule has 1 heterocycles. The van der Waals surface area contributed by atoms with Crippen molar-refractivity contribution in [1.29, 1.82) is 0 Å². The second kappa shape index (κ2) is 5.59. The van der Waals surface area contributed by atoms with Gasteiger partial charge in [0.05, 0.1) is 5.75 Å². The zero-order chi connectivity index (χ0) is 13.2. The summed E-state index contributed by atoms with van der Waals surface area (Å²) in [7, 11) is 3.99. The molecule has 0 aromatic heterocycles. The summed E-state index contributed by atoms with van der Waals surface area (Å²) in [6, 6.07) is 7.74. The molecule has 0 atom stereocenters. The number of piperidine rings is 1. The number of hydrogen-bond donors (Lipinski definition) is 0. The second-order valence-corrected chi connectivity index (χ2v) is 7.74. The first kappa shape index (κ1) is 13.8. The summed E-state index contributed by atoms with van der Waals surface area (Å²) in [6.45, 7) is 2.12. The number of likely N-dealkylation sites (tertiary alicyclic amines) is 1. The lowest BCUT2D eigenvalue weighted by Gasteiger charge is -2.30. The zero-order valence-corrected chi connectivity index (χ0v) is 12.0. The lowest BCUT2D eigenvalue weighted by molar-refractivity contribution is 0.255. The molecule has 0 unspecified atom stereocenters. The molecule has 0 spiro atoms. The maximum atomic E-state index is 11.2. The van der Waals surface area contributed by atoms with Crippen LogP contribution >= 0.6 is 10.7 Å². The van der Waals surface area contributed by atoms with E-state index in [4.69, 9.17) is 10.7 Å². The van der Waals surface area contributed by atoms with Gasteiger partial charge in [0.2, 0.25) is 9.05 Å². The van der Waals surface area contributed by atoms with E-state index in [-0.39, 0.29) is 5.75 Å². The lowest BCUT2D eigenvalue weighted by atomic mass is 9.87. The maximum absolute atomic E-state index is 11.2. The first-order chi connectivity index (χ1) is 8.46. The molecule has 1 aliphatic rings. The van der Waals surface area contributed by atoms with E-state index in [1.54, 1.807) is 0 Å². The van der Waals surface area contributed by atoms with E-state index in [2.05, 4.69) is 11.9 Å². The third-order valence-electron chi connectivity index (χ3n) is 3.54. The quantitative estimate of drug-likeness (QED) is 0.802. The van der Waals surface area contributed by atoms with Crippen molar-refractivity contribution in [2.24, 2.45) is 0 Å². The lowest BCUT2D eigenvalue weighted by Crippen LogP contribution is -2.29. The monoisotopic (exact) mass is 287 g/mol. The number of hydrogen-bond acceptors (Lipinski definition) is 3. The van der Waals surface area contributed by atoms with Gasteiger partial charge in [-0.2, -0.15) is 0 Å². The Morgan fingerprint density at radius 2 is 1.89 bits per heavy atom. The van der Waals surface area contributed by atoms with E-state index in [0.717, 1.165) is 37.1 Å². The summed E-state index contributed by atoms with van der Waals surface area (Å²) in [5, 5.41) is 0. The number of rotatable bonds is 3. The van der Waals surface area contributed by atoms with Crippen LogP contribution in [0.2, 0.25) is 0 Å². The summed E-state index contributed by atoms with van der Waals surface area (Å²) in [6.07, 6.45) is 2.16. The van der Waals surface area contributed by atoms with Gasteiger partial charge in [-0.1, -0.05) is 24.3 Å². The highest BCUT2D eigenvalue weighted by Crippen LogP contribution is 2.31. The maximum Gasteiger partial charge on any atom is 0.236 e. The highest BCUT2D eigenvalue weighted by atomic mass is 35.7. The van der Waals surface area contributed by atoms with Crippen molar-refractivity contribution in [3.05, 3.63) is 35.4 Å². The third kappa shape index (κ3) is 3.70. The average Bonchev–Trinajstić information content (AvgIpc) is 2.29. The molecular weight excluding hydrogens is 270 g/mol. The van der Waals surface area contributed by atoms with Gasteiger partial charge >= 0.3 is 0 Å². The van der Waals surface area contributed by atoms with Crippen LogP contribution in [0.15, 0.2) is 24.3 Å². The topological polar surface area (TPSA) is 37.4 Å². The Morgan fingerprint density at radius 3 is 2.50 bits per heavy atom. The third-order valence-corrected chi connectivity index (χ3v) is 4.52. The van der Waals surface area contributed by atoms with Crippen LogP contribution < -0.4 is 0 Å². The van der Waals surface area contributed by atoms with Gasteiger partial charge in [0.25, 0.3) is 0 Å². The largest absolute Gasteiger partial charge is 0.306 e. The minimum Gasteiger partial charge on any atom is -0.306 e. The van der Waals surface area contributed by atoms with Crippen molar-refractivity contribution in [3.63, 3.8) is 0 Å². The summed E-state index contributed by atoms with van der Waals surface area (Å²) < 4.78 is 22.5. The molecule has 0 radical (unpaired) electrons. The second-order valence-electron chi connectivity index (χ2n) is 4.96. The highest BCUT2D eigenvalue weighted by molar-refractivity contribution is 8.13. The van der Waals surface area contributed by atoms with Gasteiger partial charge in [0, 0.05) is 10.7 Å². The fourth-order valence-corrected chi connectivity index (χ4v) is 3.56. The van der Waals surface area contributed by atoms with Crippen LogP contribution in [0.5, 0.6) is 0 Å². The van der Waals surface area contributed by atoms with Crippen LogP contribution in [0.4, 0.5) is 0 Å². The molecule has 1 saturated heterocycles. The molecule has 3 nitrogen and oxygen atoms in total. The van der Waals surface area contributed by atoms with E-state index in [1.807, 2.05) is 24.3 Å². The van der Waals surface area contributed by atoms with Crippen molar-refractivity contribution >= 4 is 19.7 Å². The van der Waals surface area contributed by atoms with Crippen LogP contribution in [0.3, 0.4) is 0 Å². The molecule has 5 heteroatoms. The normalized spacial score (nSPS) is 19.0. The van der Waals surface area contributed by atoms with E-state index >= 15 is 0 Å².